The fourth-order valence-electron chi connectivity index (χ4n) is 4.69. The van der Waals surface area contributed by atoms with E-state index in [0.717, 1.165) is 11.1 Å². The number of rotatable bonds is 8. The third-order valence-corrected chi connectivity index (χ3v) is 6.68. The van der Waals surface area contributed by atoms with E-state index in [0.29, 0.717) is 43.7 Å². The quantitative estimate of drug-likeness (QED) is 0.498. The molecule has 2 aliphatic rings. The molecular weight excluding hydrogens is 489 g/mol. The number of alkyl halides is 3. The van der Waals surface area contributed by atoms with E-state index in [1.165, 1.54) is 12.1 Å². The van der Waals surface area contributed by atoms with Crippen molar-refractivity contribution in [3.05, 3.63) is 64.7 Å². The number of likely N-dealkylation sites (tertiary alicyclic amines) is 1. The van der Waals surface area contributed by atoms with E-state index in [4.69, 9.17) is 0 Å². The number of anilines is 1. The zero-order chi connectivity index (χ0) is 26.7. The van der Waals surface area contributed by atoms with Crippen LogP contribution in [0.5, 0.6) is 0 Å². The van der Waals surface area contributed by atoms with Crippen LogP contribution in [0.15, 0.2) is 42.5 Å². The first kappa shape index (κ1) is 26.6. The molecule has 0 aliphatic carbocycles. The molecule has 0 saturated carbocycles. The number of benzene rings is 2. The second kappa shape index (κ2) is 10.9. The molecule has 2 heterocycles. The van der Waals surface area contributed by atoms with E-state index in [1.807, 2.05) is 22.3 Å². The van der Waals surface area contributed by atoms with Gasteiger partial charge in [-0.25, -0.2) is 0 Å². The predicted octanol–water partition coefficient (Wildman–Crippen LogP) is 2.28. The monoisotopic (exact) mass is 518 g/mol. The van der Waals surface area contributed by atoms with Crippen LogP contribution < -0.4 is 10.6 Å². The summed E-state index contributed by atoms with van der Waals surface area (Å²) in [5.74, 6) is -1.16. The number of hydrogen-bond donors (Lipinski definition) is 3. The van der Waals surface area contributed by atoms with E-state index in [1.54, 1.807) is 30.1 Å². The first-order valence-corrected chi connectivity index (χ1v) is 12.0. The first-order valence-electron chi connectivity index (χ1n) is 12.0. The average Bonchev–Trinajstić information content (AvgIpc) is 3.43. The van der Waals surface area contributed by atoms with Gasteiger partial charge in [-0.15, -0.1) is 0 Å². The smallest absolute Gasteiger partial charge is 0.392 e. The molecule has 3 N–H and O–H groups in total. The summed E-state index contributed by atoms with van der Waals surface area (Å²) < 4.78 is 37.7. The third-order valence-electron chi connectivity index (χ3n) is 6.68. The molecule has 8 nitrogen and oxygen atoms in total. The zero-order valence-corrected chi connectivity index (χ0v) is 20.3. The number of hydrogen-bond acceptors (Lipinski definition) is 5. The fourth-order valence-corrected chi connectivity index (χ4v) is 4.69. The van der Waals surface area contributed by atoms with Crippen LogP contribution in [0.1, 0.15) is 39.5 Å². The summed E-state index contributed by atoms with van der Waals surface area (Å²) >= 11 is 0. The second-order valence-electron chi connectivity index (χ2n) is 9.54. The molecule has 2 aromatic carbocycles. The van der Waals surface area contributed by atoms with E-state index < -0.39 is 30.8 Å². The van der Waals surface area contributed by atoms with Crippen LogP contribution in [0.3, 0.4) is 0 Å². The summed E-state index contributed by atoms with van der Waals surface area (Å²) in [6, 6.07) is 11.1. The van der Waals surface area contributed by atoms with Crippen molar-refractivity contribution in [3.8, 4) is 0 Å². The van der Waals surface area contributed by atoms with E-state index in [-0.39, 0.29) is 23.8 Å². The van der Waals surface area contributed by atoms with E-state index in [9.17, 15) is 32.7 Å². The highest BCUT2D eigenvalue weighted by Crippen LogP contribution is 2.27. The van der Waals surface area contributed by atoms with Crippen LogP contribution >= 0.6 is 0 Å². The van der Waals surface area contributed by atoms with Crippen molar-refractivity contribution in [2.45, 2.75) is 37.6 Å². The van der Waals surface area contributed by atoms with Gasteiger partial charge >= 0.3 is 6.18 Å². The van der Waals surface area contributed by atoms with Gasteiger partial charge in [-0.3, -0.25) is 19.3 Å². The lowest BCUT2D eigenvalue weighted by atomic mass is 10.0. The molecule has 37 heavy (non-hydrogen) atoms. The largest absolute Gasteiger partial charge is 0.405 e. The minimum atomic E-state index is -4.53. The standard InChI is InChI=1S/C26H29F3N4O4/c1-32(24(36)10-16-5-6-17-12-23(35)31-21(17)9-16)22(14-33-8-7-20(34)13-33)18-3-2-4-19(11-18)25(37)30-15-26(27,28)29/h2-6,9,11,20,22,34H,7-8,10,12-15H2,1H3,(H,30,37)(H,31,35)/t20?,22-/m1/s1. The van der Waals surface area contributed by atoms with Gasteiger partial charge in [-0.2, -0.15) is 13.2 Å². The Bertz CT molecular complexity index is 1190. The van der Waals surface area contributed by atoms with Gasteiger partial charge in [0.15, 0.2) is 0 Å². The van der Waals surface area contributed by atoms with Crippen molar-refractivity contribution >= 4 is 23.4 Å². The molecule has 3 amide bonds. The van der Waals surface area contributed by atoms with Gasteiger partial charge in [0.1, 0.15) is 6.54 Å². The predicted molar refractivity (Wildman–Crippen MR) is 130 cm³/mol. The minimum absolute atomic E-state index is 0.0587. The Morgan fingerprint density at radius 1 is 1.24 bits per heavy atom. The third kappa shape index (κ3) is 6.86. The Kier molecular flexibility index (Phi) is 7.84. The Morgan fingerprint density at radius 3 is 2.73 bits per heavy atom. The van der Waals surface area contributed by atoms with Crippen molar-refractivity contribution in [3.63, 3.8) is 0 Å². The average molecular weight is 519 g/mol. The topological polar surface area (TPSA) is 102 Å². The molecule has 0 spiro atoms. The van der Waals surface area contributed by atoms with Crippen molar-refractivity contribution in [1.82, 2.24) is 15.1 Å². The summed E-state index contributed by atoms with van der Waals surface area (Å²) in [6.07, 6.45) is -4.02. The summed E-state index contributed by atoms with van der Waals surface area (Å²) in [5.41, 5.74) is 2.95. The Balaban J connectivity index is 1.53. The fraction of sp³-hybridized carbons (Fsp3) is 0.423. The van der Waals surface area contributed by atoms with E-state index in [2.05, 4.69) is 5.32 Å². The molecule has 0 bridgehead atoms. The number of likely N-dealkylation sites (N-methyl/N-ethyl adjacent to an activating group) is 1. The molecule has 2 atom stereocenters. The van der Waals surface area contributed by atoms with Crippen LogP contribution in [-0.4, -0.2) is 78.1 Å². The number of fused-ring (bicyclic) bond motifs is 1. The number of carbonyl (C=O) groups excluding carboxylic acids is 3. The summed E-state index contributed by atoms with van der Waals surface area (Å²) in [6.45, 7) is 0.0166. The molecule has 1 saturated heterocycles. The number of carbonyl (C=O) groups is 3. The van der Waals surface area contributed by atoms with Crippen LogP contribution in [0.2, 0.25) is 0 Å². The summed E-state index contributed by atoms with van der Waals surface area (Å²) in [7, 11) is 1.64. The lowest BCUT2D eigenvalue weighted by molar-refractivity contribution is -0.131. The van der Waals surface area contributed by atoms with Crippen LogP contribution in [0.25, 0.3) is 0 Å². The Labute approximate surface area is 212 Å². The van der Waals surface area contributed by atoms with Gasteiger partial charge in [0, 0.05) is 37.9 Å². The number of nitrogens with zero attached hydrogens (tertiary/aromatic N) is 2. The lowest BCUT2D eigenvalue weighted by Crippen LogP contribution is -2.40. The molecule has 2 aliphatic heterocycles. The molecule has 0 radical (unpaired) electrons. The molecular formula is C26H29F3N4O4. The normalized spacial score (nSPS) is 18.3. The van der Waals surface area contributed by atoms with Crippen LogP contribution in [-0.2, 0) is 22.4 Å². The molecule has 2 aromatic rings. The number of aliphatic hydroxyl groups excluding tert-OH is 1. The van der Waals surface area contributed by atoms with Gasteiger partial charge in [0.25, 0.3) is 5.91 Å². The number of β-amino-alcohol motifs (C(OH)–C–C–N with tert-alkyl or cyclic N) is 1. The van der Waals surface area contributed by atoms with Crippen molar-refractivity contribution in [1.29, 1.82) is 0 Å². The van der Waals surface area contributed by atoms with Crippen molar-refractivity contribution in [2.24, 2.45) is 0 Å². The SMILES string of the molecule is CN(C(=O)Cc1ccc2c(c1)NC(=O)C2)[C@H](CN1CCC(O)C1)c1cccc(C(=O)NCC(F)(F)F)c1. The lowest BCUT2D eigenvalue weighted by Gasteiger charge is -2.32. The number of halogens is 3. The molecule has 0 aromatic heterocycles. The highest BCUT2D eigenvalue weighted by molar-refractivity contribution is 5.99. The number of amides is 3. The van der Waals surface area contributed by atoms with Crippen molar-refractivity contribution in [2.75, 3.05) is 38.5 Å². The van der Waals surface area contributed by atoms with Gasteiger partial charge in [-0.05, 0) is 41.3 Å². The summed E-state index contributed by atoms with van der Waals surface area (Å²) in [5, 5.41) is 14.6. The second-order valence-corrected chi connectivity index (χ2v) is 9.54. The molecule has 198 valence electrons. The molecule has 1 fully saturated rings. The van der Waals surface area contributed by atoms with Gasteiger partial charge < -0.3 is 20.6 Å². The molecule has 11 heteroatoms. The maximum absolute atomic E-state index is 13.3. The number of aliphatic hydroxyl groups is 1. The van der Waals surface area contributed by atoms with Crippen LogP contribution in [0, 0.1) is 0 Å². The number of nitrogens with one attached hydrogen (secondary N) is 2. The maximum Gasteiger partial charge on any atom is 0.405 e. The minimum Gasteiger partial charge on any atom is -0.392 e. The van der Waals surface area contributed by atoms with Gasteiger partial charge in [0.05, 0.1) is 25.0 Å². The van der Waals surface area contributed by atoms with E-state index >= 15 is 0 Å². The van der Waals surface area contributed by atoms with Crippen LogP contribution in [0.4, 0.5) is 18.9 Å². The Morgan fingerprint density at radius 2 is 2.03 bits per heavy atom. The summed E-state index contributed by atoms with van der Waals surface area (Å²) in [4.78, 5) is 40.9. The highest BCUT2D eigenvalue weighted by atomic mass is 19.4. The Hall–Kier alpha value is -3.44. The van der Waals surface area contributed by atoms with Gasteiger partial charge in [0.2, 0.25) is 11.8 Å². The molecule has 1 unspecified atom stereocenters. The maximum atomic E-state index is 13.3. The molecule has 4 rings (SSSR count). The van der Waals surface area contributed by atoms with Crippen molar-refractivity contribution < 1.29 is 32.7 Å². The highest BCUT2D eigenvalue weighted by Gasteiger charge is 2.30. The first-order chi connectivity index (χ1) is 17.5. The zero-order valence-electron chi connectivity index (χ0n) is 20.3. The van der Waals surface area contributed by atoms with Gasteiger partial charge in [-0.1, -0.05) is 24.3 Å².